The molecule has 22 saturated heterocycles. The number of ether oxygens (including phenoxy) is 12. The standard InChI is InChI=1S/C54H88O32/c1-2-3-4-5-6-7-8-9-10-11-12-13-14-15-16-17-30(61)85-86-48-41(72)54-78-29(23-60)47(48)84-53-40(71)35(66)45(27(21-58)77-53)82-51-38(69)33(64)43(25(19-56)75-51)80-49-36(67)31(62)42(24(18-55)73-49)79-50-37(68)32(63)44(26(20-57)74-50)81-52-39(70)34(65)46(83-54)28(22-59)76-52/h6-7,9-10,12-13,24-29,31-60,62-72H,2-5,8,11,14-23H2,1H3/b7-6-,10-9-,13-12-/t24-,25-,26-,27-,28-,29-,31-,32-,33-,34-,35-,36-,37-,38-,39-,40-,41-,42-,43-,44-,45-,46-,47+,48-,49-,50-,51-,52-,53-,54-/m1/s1. The van der Waals surface area contributed by atoms with Crippen LogP contribution in [-0.4, -0.2) is 317 Å². The van der Waals surface area contributed by atoms with E-state index < -0.39 is 230 Å². The van der Waals surface area contributed by atoms with Gasteiger partial charge in [-0.1, -0.05) is 56.2 Å². The highest BCUT2D eigenvalue weighted by atomic mass is 17.2. The third-order valence-electron chi connectivity index (χ3n) is 15.9. The van der Waals surface area contributed by atoms with Crippen LogP contribution < -0.4 is 0 Å². The van der Waals surface area contributed by atoms with Crippen LogP contribution in [0.5, 0.6) is 0 Å². The Morgan fingerprint density at radius 2 is 0.605 bits per heavy atom. The molecule has 0 unspecified atom stereocenters. The summed E-state index contributed by atoms with van der Waals surface area (Å²) in [6, 6.07) is 0. The molecule has 22 aliphatic heterocycles. The number of allylic oxidation sites excluding steroid dienone is 6. The van der Waals surface area contributed by atoms with Gasteiger partial charge >= 0.3 is 5.97 Å². The molecule has 32 heteroatoms. The van der Waals surface area contributed by atoms with Gasteiger partial charge in [-0.25, -0.2) is 4.79 Å². The first-order chi connectivity index (χ1) is 41.4. The van der Waals surface area contributed by atoms with Crippen molar-refractivity contribution in [1.82, 2.24) is 0 Å². The quantitative estimate of drug-likeness (QED) is 0.0220. The molecule has 12 bridgehead atoms. The molecule has 22 fully saturated rings. The predicted molar refractivity (Wildman–Crippen MR) is 280 cm³/mol. The molecule has 0 amide bonds. The van der Waals surface area contributed by atoms with Crippen molar-refractivity contribution in [3.05, 3.63) is 36.5 Å². The summed E-state index contributed by atoms with van der Waals surface area (Å²) in [7, 11) is 0. The average Bonchev–Trinajstić information content (AvgIpc) is 1.71. The minimum absolute atomic E-state index is 0.207. The highest BCUT2D eigenvalue weighted by molar-refractivity contribution is 5.68. The van der Waals surface area contributed by atoms with Crippen LogP contribution in [0.1, 0.15) is 71.1 Å². The molecule has 0 saturated carbocycles. The Bertz CT molecular complexity index is 2070. The Kier molecular flexibility index (Phi) is 28.2. The molecule has 22 rings (SSSR count). The van der Waals surface area contributed by atoms with Gasteiger partial charge in [0.25, 0.3) is 0 Å². The summed E-state index contributed by atoms with van der Waals surface area (Å²) in [6.45, 7) is -4.04. The van der Waals surface area contributed by atoms with E-state index in [0.717, 1.165) is 12.8 Å². The van der Waals surface area contributed by atoms with E-state index in [-0.39, 0.29) is 6.42 Å². The van der Waals surface area contributed by atoms with Crippen molar-refractivity contribution in [3.8, 4) is 0 Å². The van der Waals surface area contributed by atoms with Gasteiger partial charge in [0.15, 0.2) is 43.8 Å². The topological polar surface area (TPSA) is 490 Å². The monoisotopic (exact) mass is 1250 g/mol. The fourth-order valence-electron chi connectivity index (χ4n) is 11.0. The summed E-state index contributed by atoms with van der Waals surface area (Å²) in [5.74, 6) is -0.952. The van der Waals surface area contributed by atoms with E-state index in [4.69, 9.17) is 66.6 Å². The summed E-state index contributed by atoms with van der Waals surface area (Å²) >= 11 is 0. The van der Waals surface area contributed by atoms with Crippen LogP contribution in [-0.2, 0) is 71.4 Å². The number of aliphatic hydroxyl groups excluding tert-OH is 17. The van der Waals surface area contributed by atoms with E-state index >= 15 is 0 Å². The average molecular weight is 1250 g/mol. The molecule has 17 N–H and O–H groups in total. The predicted octanol–water partition coefficient (Wildman–Crippen LogP) is -6.98. The minimum Gasteiger partial charge on any atom is -0.394 e. The lowest BCUT2D eigenvalue weighted by Crippen LogP contribution is -2.69. The summed E-state index contributed by atoms with van der Waals surface area (Å²) in [4.78, 5) is 23.9. The lowest BCUT2D eigenvalue weighted by atomic mass is 9.94. The van der Waals surface area contributed by atoms with Crippen molar-refractivity contribution in [2.24, 2.45) is 0 Å². The van der Waals surface area contributed by atoms with E-state index in [1.807, 2.05) is 18.2 Å². The molecule has 22 aliphatic rings. The zero-order chi connectivity index (χ0) is 62.4. The van der Waals surface area contributed by atoms with E-state index in [0.29, 0.717) is 25.7 Å². The largest absolute Gasteiger partial charge is 0.394 e. The normalized spacial score (nSPS) is 45.5. The van der Waals surface area contributed by atoms with Gasteiger partial charge in [0, 0.05) is 6.42 Å². The molecule has 0 aromatic carbocycles. The van der Waals surface area contributed by atoms with Gasteiger partial charge in [-0.3, -0.25) is 4.89 Å². The molecule has 32 nitrogen and oxygen atoms in total. The highest BCUT2D eigenvalue weighted by Crippen LogP contribution is 2.39. The van der Waals surface area contributed by atoms with Crippen molar-refractivity contribution in [2.45, 2.75) is 255 Å². The van der Waals surface area contributed by atoms with Crippen molar-refractivity contribution >= 4 is 5.97 Å². The van der Waals surface area contributed by atoms with Crippen LogP contribution >= 0.6 is 0 Å². The zero-order valence-corrected chi connectivity index (χ0v) is 47.3. The first-order valence-corrected chi connectivity index (χ1v) is 29.2. The third kappa shape index (κ3) is 17.1. The van der Waals surface area contributed by atoms with E-state index in [1.54, 1.807) is 0 Å². The smallest absolute Gasteiger partial charge is 0.342 e. The molecule has 0 aliphatic carbocycles. The van der Waals surface area contributed by atoms with Crippen LogP contribution in [0.25, 0.3) is 0 Å². The fraction of sp³-hybridized carbons (Fsp3) is 0.870. The van der Waals surface area contributed by atoms with E-state index in [2.05, 4.69) is 25.2 Å². The summed E-state index contributed by atoms with van der Waals surface area (Å²) in [6.07, 6.45) is -40.1. The zero-order valence-electron chi connectivity index (χ0n) is 47.3. The van der Waals surface area contributed by atoms with Crippen molar-refractivity contribution < 1.29 is 158 Å². The lowest BCUT2D eigenvalue weighted by molar-refractivity contribution is -0.421. The van der Waals surface area contributed by atoms with Crippen LogP contribution in [0.4, 0.5) is 0 Å². The maximum atomic E-state index is 13.2. The van der Waals surface area contributed by atoms with Crippen molar-refractivity contribution in [1.29, 1.82) is 0 Å². The second-order valence-corrected chi connectivity index (χ2v) is 22.0. The molecule has 30 atom stereocenters. The molecule has 0 aromatic heterocycles. The molecule has 22 heterocycles. The Morgan fingerprint density at radius 3 is 0.907 bits per heavy atom. The van der Waals surface area contributed by atoms with E-state index in [9.17, 15) is 91.6 Å². The highest BCUT2D eigenvalue weighted by Gasteiger charge is 2.59. The van der Waals surface area contributed by atoms with Gasteiger partial charge in [-0.05, 0) is 44.9 Å². The SMILES string of the molecule is CCCCC/C=C\C/C=C\C/C=C\CCCCC(=O)OO[C@@H]1[C@@H](O)[C@H]2O[C@H]3[C@H](O)[C@@H](O)[C@@H](O[C@H]4[C@H](O)[C@@H](O)[C@@H](O[C@H]5[C@H](O)[C@@H](O)[C@@H](O[C@H]6[C@H](O)[C@@H](O)[C@@H](O[C@H]7[C@H](O)[C@@H](O)[C@@H](O[C@H]1[C@@H](CO)O2)O[C@@H]7CO)O[C@@H]6CO)O[C@@H]5CO)O[C@@H]4CO)O[C@@H]3CO. The van der Waals surface area contributed by atoms with Crippen LogP contribution in [0.2, 0.25) is 0 Å². The van der Waals surface area contributed by atoms with Gasteiger partial charge in [0.05, 0.1) is 39.6 Å². The van der Waals surface area contributed by atoms with Gasteiger partial charge < -0.3 is 144 Å². The Morgan fingerprint density at radius 1 is 0.337 bits per heavy atom. The number of unbranched alkanes of at least 4 members (excludes halogenated alkanes) is 5. The molecule has 0 spiro atoms. The third-order valence-corrected chi connectivity index (χ3v) is 15.9. The van der Waals surface area contributed by atoms with Crippen molar-refractivity contribution in [2.75, 3.05) is 39.6 Å². The minimum atomic E-state index is -2.22. The number of hydrogen-bond donors (Lipinski definition) is 17. The lowest BCUT2D eigenvalue weighted by Gasteiger charge is -2.50. The summed E-state index contributed by atoms with van der Waals surface area (Å²) in [5.41, 5.74) is 0. The molecule has 0 radical (unpaired) electrons. The second-order valence-electron chi connectivity index (χ2n) is 22.0. The van der Waals surface area contributed by atoms with Crippen LogP contribution in [0.3, 0.4) is 0 Å². The summed E-state index contributed by atoms with van der Waals surface area (Å²) < 4.78 is 69.6. The first kappa shape index (κ1) is 70.9. The first-order valence-electron chi connectivity index (χ1n) is 29.2. The molecular weight excluding hydrogens is 1160 g/mol. The summed E-state index contributed by atoms with van der Waals surface area (Å²) in [5, 5.41) is 189. The van der Waals surface area contributed by atoms with Gasteiger partial charge in [-0.15, -0.1) is 0 Å². The van der Waals surface area contributed by atoms with Gasteiger partial charge in [0.1, 0.15) is 140 Å². The fourth-order valence-corrected chi connectivity index (χ4v) is 11.0. The molecule has 0 aromatic rings. The Balaban J connectivity index is 1.12. The number of aliphatic hydroxyl groups is 17. The number of hydrogen-bond acceptors (Lipinski definition) is 32. The van der Waals surface area contributed by atoms with Crippen LogP contribution in [0.15, 0.2) is 36.5 Å². The van der Waals surface area contributed by atoms with Gasteiger partial charge in [-0.2, -0.15) is 4.89 Å². The van der Waals surface area contributed by atoms with Crippen LogP contribution in [0, 0.1) is 0 Å². The number of carbonyl (C=O) groups is 1. The molecule has 86 heavy (non-hydrogen) atoms. The number of carbonyl (C=O) groups excluding carboxylic acids is 1. The Hall–Kier alpha value is -2.51. The molecule has 496 valence electrons. The van der Waals surface area contributed by atoms with Crippen molar-refractivity contribution in [3.63, 3.8) is 0 Å². The van der Waals surface area contributed by atoms with Gasteiger partial charge in [0.2, 0.25) is 0 Å². The maximum Gasteiger partial charge on any atom is 0.342 e. The van der Waals surface area contributed by atoms with E-state index in [1.165, 1.54) is 19.3 Å². The maximum absolute atomic E-state index is 13.2. The second kappa shape index (κ2) is 34.2. The number of rotatable bonds is 21. The molecular formula is C54H88O32. The Labute approximate surface area is 494 Å².